The predicted octanol–water partition coefficient (Wildman–Crippen LogP) is -0.927. The molecule has 1 aliphatic heterocycles. The van der Waals surface area contributed by atoms with Gasteiger partial charge < -0.3 is 21.1 Å². The van der Waals surface area contributed by atoms with Crippen LogP contribution in [0.2, 0.25) is 0 Å². The summed E-state index contributed by atoms with van der Waals surface area (Å²) in [6, 6.07) is -1.26. The molecule has 1 fully saturated rings. The van der Waals surface area contributed by atoms with E-state index in [-0.39, 0.29) is 12.5 Å². The molecule has 0 spiro atoms. The Morgan fingerprint density at radius 3 is 2.65 bits per heavy atom. The van der Waals surface area contributed by atoms with Crippen LogP contribution < -0.4 is 11.5 Å². The van der Waals surface area contributed by atoms with Gasteiger partial charge in [0.05, 0.1) is 19.3 Å². The normalized spacial score (nSPS) is 22.6. The number of hydrogen-bond donors (Lipinski definition) is 2. The minimum atomic E-state index is -0.686. The van der Waals surface area contributed by atoms with Crippen molar-refractivity contribution in [3.05, 3.63) is 0 Å². The van der Waals surface area contributed by atoms with Crippen LogP contribution in [-0.4, -0.2) is 48.6 Å². The number of nitrogens with zero attached hydrogens (tertiary/aromatic N) is 1. The van der Waals surface area contributed by atoms with E-state index in [1.165, 1.54) is 4.90 Å². The van der Waals surface area contributed by atoms with E-state index in [1.807, 2.05) is 13.8 Å². The van der Waals surface area contributed by atoms with Gasteiger partial charge >= 0.3 is 0 Å². The van der Waals surface area contributed by atoms with Gasteiger partial charge in [0.1, 0.15) is 6.04 Å². The Labute approximate surface area is 101 Å². The molecule has 0 saturated carbocycles. The molecule has 1 heterocycles. The average Bonchev–Trinajstić information content (AvgIpc) is 2.27. The highest BCUT2D eigenvalue weighted by atomic mass is 16.5. The van der Waals surface area contributed by atoms with Crippen LogP contribution in [0.25, 0.3) is 0 Å². The van der Waals surface area contributed by atoms with Crippen molar-refractivity contribution < 1.29 is 14.3 Å². The van der Waals surface area contributed by atoms with Crippen LogP contribution in [-0.2, 0) is 14.3 Å². The minimum absolute atomic E-state index is 0.162. The summed E-state index contributed by atoms with van der Waals surface area (Å²) < 4.78 is 5.15. The number of carbonyl (C=O) groups excluding carboxylic acids is 2. The molecule has 0 aromatic rings. The Morgan fingerprint density at radius 1 is 1.47 bits per heavy atom. The number of carbonyl (C=O) groups is 2. The standard InChI is InChI=1S/C11H21N3O3/c1-7(2)5-8(12)11(16)14-3-4-17-6-9(14)10(13)15/h7-9H,3-6,12H2,1-2H3,(H2,13,15). The van der Waals surface area contributed by atoms with E-state index in [0.717, 1.165) is 0 Å². The van der Waals surface area contributed by atoms with Crippen LogP contribution in [0.1, 0.15) is 20.3 Å². The first-order chi connectivity index (χ1) is 7.93. The number of amides is 2. The van der Waals surface area contributed by atoms with Crippen LogP contribution in [0, 0.1) is 5.92 Å². The molecule has 0 aromatic carbocycles. The Kier molecular flexibility index (Phi) is 4.89. The number of morpholine rings is 1. The van der Waals surface area contributed by atoms with Crippen LogP contribution in [0.3, 0.4) is 0 Å². The zero-order chi connectivity index (χ0) is 13.0. The Morgan fingerprint density at radius 2 is 2.12 bits per heavy atom. The van der Waals surface area contributed by atoms with Crippen LogP contribution in [0.4, 0.5) is 0 Å². The smallest absolute Gasteiger partial charge is 0.242 e. The van der Waals surface area contributed by atoms with Gasteiger partial charge in [-0.1, -0.05) is 13.8 Å². The second-order valence-corrected chi connectivity index (χ2v) is 4.76. The van der Waals surface area contributed by atoms with Crippen molar-refractivity contribution in [2.75, 3.05) is 19.8 Å². The van der Waals surface area contributed by atoms with Crippen molar-refractivity contribution in [3.63, 3.8) is 0 Å². The molecule has 2 unspecified atom stereocenters. The SMILES string of the molecule is CC(C)CC(N)C(=O)N1CCOCC1C(N)=O. The molecular formula is C11H21N3O3. The molecule has 98 valence electrons. The molecule has 17 heavy (non-hydrogen) atoms. The summed E-state index contributed by atoms with van der Waals surface area (Å²) in [6.07, 6.45) is 0.599. The molecule has 6 heteroatoms. The first-order valence-electron chi connectivity index (χ1n) is 5.86. The van der Waals surface area contributed by atoms with Gasteiger partial charge in [0, 0.05) is 6.54 Å². The third-order valence-corrected chi connectivity index (χ3v) is 2.78. The minimum Gasteiger partial charge on any atom is -0.377 e. The van der Waals surface area contributed by atoms with Crippen molar-refractivity contribution in [2.24, 2.45) is 17.4 Å². The number of nitrogens with two attached hydrogens (primary N) is 2. The van der Waals surface area contributed by atoms with Crippen molar-refractivity contribution in [1.29, 1.82) is 0 Å². The third kappa shape index (κ3) is 3.67. The van der Waals surface area contributed by atoms with Gasteiger partial charge in [0.25, 0.3) is 0 Å². The molecule has 0 radical (unpaired) electrons. The molecule has 2 amide bonds. The van der Waals surface area contributed by atoms with Gasteiger partial charge in [0.2, 0.25) is 11.8 Å². The zero-order valence-corrected chi connectivity index (χ0v) is 10.4. The van der Waals surface area contributed by atoms with Crippen molar-refractivity contribution >= 4 is 11.8 Å². The van der Waals surface area contributed by atoms with Crippen LogP contribution in [0.15, 0.2) is 0 Å². The number of hydrogen-bond acceptors (Lipinski definition) is 4. The molecule has 1 saturated heterocycles. The van der Waals surface area contributed by atoms with Crippen LogP contribution >= 0.6 is 0 Å². The zero-order valence-electron chi connectivity index (χ0n) is 10.4. The average molecular weight is 243 g/mol. The predicted molar refractivity (Wildman–Crippen MR) is 62.9 cm³/mol. The highest BCUT2D eigenvalue weighted by molar-refractivity contribution is 5.89. The summed E-state index contributed by atoms with van der Waals surface area (Å²) in [4.78, 5) is 24.8. The van der Waals surface area contributed by atoms with Gasteiger partial charge in [-0.25, -0.2) is 0 Å². The van der Waals surface area contributed by atoms with Gasteiger partial charge in [-0.05, 0) is 12.3 Å². The molecule has 1 aliphatic rings. The number of rotatable bonds is 4. The molecule has 2 atom stereocenters. The van der Waals surface area contributed by atoms with Gasteiger partial charge in [-0.15, -0.1) is 0 Å². The summed E-state index contributed by atoms with van der Waals surface area (Å²) in [7, 11) is 0. The summed E-state index contributed by atoms with van der Waals surface area (Å²) in [6.45, 7) is 4.95. The maximum atomic E-state index is 12.1. The largest absolute Gasteiger partial charge is 0.377 e. The monoisotopic (exact) mass is 243 g/mol. The number of ether oxygens (including phenoxy) is 1. The first-order valence-corrected chi connectivity index (χ1v) is 5.86. The topological polar surface area (TPSA) is 98.7 Å². The lowest BCUT2D eigenvalue weighted by Crippen LogP contribution is -2.58. The second-order valence-electron chi connectivity index (χ2n) is 4.76. The summed E-state index contributed by atoms with van der Waals surface area (Å²) in [5.41, 5.74) is 11.1. The van der Waals surface area contributed by atoms with E-state index in [1.54, 1.807) is 0 Å². The Bertz CT molecular complexity index is 294. The van der Waals surface area contributed by atoms with Gasteiger partial charge in [0.15, 0.2) is 0 Å². The van der Waals surface area contributed by atoms with Crippen molar-refractivity contribution in [2.45, 2.75) is 32.4 Å². The Balaban J connectivity index is 2.67. The highest BCUT2D eigenvalue weighted by Crippen LogP contribution is 2.11. The van der Waals surface area contributed by atoms with Crippen molar-refractivity contribution in [3.8, 4) is 0 Å². The molecular weight excluding hydrogens is 222 g/mol. The highest BCUT2D eigenvalue weighted by Gasteiger charge is 2.33. The van der Waals surface area contributed by atoms with E-state index in [9.17, 15) is 9.59 Å². The van der Waals surface area contributed by atoms with Gasteiger partial charge in [-0.3, -0.25) is 9.59 Å². The van der Waals surface area contributed by atoms with E-state index >= 15 is 0 Å². The third-order valence-electron chi connectivity index (χ3n) is 2.78. The van der Waals surface area contributed by atoms with E-state index < -0.39 is 18.0 Å². The summed E-state index contributed by atoms with van der Waals surface area (Å²) in [5, 5.41) is 0. The summed E-state index contributed by atoms with van der Waals surface area (Å²) >= 11 is 0. The lowest BCUT2D eigenvalue weighted by atomic mass is 10.0. The molecule has 0 bridgehead atoms. The van der Waals surface area contributed by atoms with Gasteiger partial charge in [-0.2, -0.15) is 0 Å². The molecule has 6 nitrogen and oxygen atoms in total. The maximum Gasteiger partial charge on any atom is 0.242 e. The quantitative estimate of drug-likeness (QED) is 0.666. The Hall–Kier alpha value is -1.14. The fraction of sp³-hybridized carbons (Fsp3) is 0.818. The first kappa shape index (κ1) is 13.9. The van der Waals surface area contributed by atoms with E-state index in [2.05, 4.69) is 0 Å². The van der Waals surface area contributed by atoms with Crippen LogP contribution in [0.5, 0.6) is 0 Å². The molecule has 0 aliphatic carbocycles. The fourth-order valence-electron chi connectivity index (χ4n) is 1.92. The maximum absolute atomic E-state index is 12.1. The van der Waals surface area contributed by atoms with E-state index in [4.69, 9.17) is 16.2 Å². The molecule has 0 aromatic heterocycles. The van der Waals surface area contributed by atoms with E-state index in [0.29, 0.717) is 25.5 Å². The lowest BCUT2D eigenvalue weighted by Gasteiger charge is -2.35. The van der Waals surface area contributed by atoms with Crippen molar-refractivity contribution in [1.82, 2.24) is 4.90 Å². The summed E-state index contributed by atoms with van der Waals surface area (Å²) in [5.74, 6) is -0.428. The second kappa shape index (κ2) is 5.97. The molecule has 4 N–H and O–H groups in total. The molecule has 1 rings (SSSR count). The lowest BCUT2D eigenvalue weighted by molar-refractivity contribution is -0.148. The number of primary amides is 1. The fourth-order valence-corrected chi connectivity index (χ4v) is 1.92.